The topological polar surface area (TPSA) is 64.2 Å². The third-order valence-electron chi connectivity index (χ3n) is 2.83. The Kier molecular flexibility index (Phi) is 3.02. The minimum absolute atomic E-state index is 0.155. The van der Waals surface area contributed by atoms with Crippen LogP contribution in [0.3, 0.4) is 0 Å². The SMILES string of the molecule is Cc1c(C)n(CC(C)C(=O)O)c(=O)n1C. The summed E-state index contributed by atoms with van der Waals surface area (Å²) in [7, 11) is 1.69. The highest BCUT2D eigenvalue weighted by Crippen LogP contribution is 2.07. The van der Waals surface area contributed by atoms with Crippen molar-refractivity contribution in [1.29, 1.82) is 0 Å². The fourth-order valence-corrected chi connectivity index (χ4v) is 1.47. The van der Waals surface area contributed by atoms with Crippen LogP contribution < -0.4 is 5.69 Å². The Balaban J connectivity index is 3.11. The van der Waals surface area contributed by atoms with E-state index in [1.165, 1.54) is 9.13 Å². The smallest absolute Gasteiger partial charge is 0.328 e. The Morgan fingerprint density at radius 3 is 2.27 bits per heavy atom. The Hall–Kier alpha value is -1.52. The van der Waals surface area contributed by atoms with Crippen molar-refractivity contribution < 1.29 is 9.90 Å². The number of carboxylic acid groups (broad SMARTS) is 1. The molecule has 0 aromatic carbocycles. The van der Waals surface area contributed by atoms with Gasteiger partial charge in [-0.05, 0) is 13.8 Å². The van der Waals surface area contributed by atoms with Gasteiger partial charge < -0.3 is 5.11 Å². The molecule has 1 aromatic rings. The molecule has 5 nitrogen and oxygen atoms in total. The number of carboxylic acids is 1. The van der Waals surface area contributed by atoms with E-state index >= 15 is 0 Å². The van der Waals surface area contributed by atoms with Gasteiger partial charge in [-0.2, -0.15) is 0 Å². The first-order valence-corrected chi connectivity index (χ1v) is 4.81. The van der Waals surface area contributed by atoms with Crippen molar-refractivity contribution in [3.8, 4) is 0 Å². The zero-order valence-electron chi connectivity index (χ0n) is 9.44. The zero-order chi connectivity index (χ0) is 11.7. The second kappa shape index (κ2) is 3.92. The van der Waals surface area contributed by atoms with E-state index in [-0.39, 0.29) is 12.2 Å². The molecule has 84 valence electrons. The maximum atomic E-state index is 11.7. The lowest BCUT2D eigenvalue weighted by atomic mass is 10.2. The standard InChI is InChI=1S/C10H16N2O3/c1-6(9(13)14)5-12-8(3)7(2)11(4)10(12)15/h6H,5H2,1-4H3,(H,13,14). The van der Waals surface area contributed by atoms with Gasteiger partial charge in [0.15, 0.2) is 0 Å². The first-order valence-electron chi connectivity index (χ1n) is 4.81. The fraction of sp³-hybridized carbons (Fsp3) is 0.600. The number of rotatable bonds is 3. The molecule has 15 heavy (non-hydrogen) atoms. The predicted octanol–water partition coefficient (Wildman–Crippen LogP) is 0.524. The summed E-state index contributed by atoms with van der Waals surface area (Å²) in [5.41, 5.74) is 1.55. The van der Waals surface area contributed by atoms with Crippen LogP contribution in [0.5, 0.6) is 0 Å². The molecule has 0 aliphatic carbocycles. The van der Waals surface area contributed by atoms with Crippen LogP contribution >= 0.6 is 0 Å². The molecule has 1 aromatic heterocycles. The van der Waals surface area contributed by atoms with Gasteiger partial charge in [-0.3, -0.25) is 13.9 Å². The number of nitrogens with zero attached hydrogens (tertiary/aromatic N) is 2. The number of imidazole rings is 1. The van der Waals surface area contributed by atoms with E-state index in [2.05, 4.69) is 0 Å². The molecule has 0 saturated carbocycles. The summed E-state index contributed by atoms with van der Waals surface area (Å²) < 4.78 is 3.04. The summed E-state index contributed by atoms with van der Waals surface area (Å²) in [6.45, 7) is 5.49. The highest BCUT2D eigenvalue weighted by atomic mass is 16.4. The van der Waals surface area contributed by atoms with E-state index in [1.54, 1.807) is 14.0 Å². The molecule has 5 heteroatoms. The average molecular weight is 212 g/mol. The molecule has 1 heterocycles. The van der Waals surface area contributed by atoms with Gasteiger partial charge in [-0.1, -0.05) is 6.92 Å². The van der Waals surface area contributed by atoms with Crippen molar-refractivity contribution in [3.63, 3.8) is 0 Å². The van der Waals surface area contributed by atoms with Crippen LogP contribution in [0.15, 0.2) is 4.79 Å². The van der Waals surface area contributed by atoms with Crippen LogP contribution in [0.4, 0.5) is 0 Å². The number of hydrogen-bond acceptors (Lipinski definition) is 2. The van der Waals surface area contributed by atoms with E-state index in [9.17, 15) is 9.59 Å². The fourth-order valence-electron chi connectivity index (χ4n) is 1.47. The zero-order valence-corrected chi connectivity index (χ0v) is 9.44. The van der Waals surface area contributed by atoms with Crippen LogP contribution in [-0.4, -0.2) is 20.2 Å². The van der Waals surface area contributed by atoms with Crippen molar-refractivity contribution in [2.75, 3.05) is 0 Å². The number of aliphatic carboxylic acids is 1. The van der Waals surface area contributed by atoms with Crippen molar-refractivity contribution in [1.82, 2.24) is 9.13 Å². The van der Waals surface area contributed by atoms with Crippen LogP contribution in [-0.2, 0) is 18.4 Å². The minimum atomic E-state index is -0.886. The Morgan fingerprint density at radius 2 is 1.93 bits per heavy atom. The van der Waals surface area contributed by atoms with Gasteiger partial charge in [-0.25, -0.2) is 4.79 Å². The normalized spacial score (nSPS) is 12.8. The van der Waals surface area contributed by atoms with E-state index in [4.69, 9.17) is 5.11 Å². The first kappa shape index (κ1) is 11.6. The van der Waals surface area contributed by atoms with Gasteiger partial charge in [0.25, 0.3) is 0 Å². The highest BCUT2D eigenvalue weighted by molar-refractivity contribution is 5.69. The molecule has 0 fully saturated rings. The average Bonchev–Trinajstić information content (AvgIpc) is 2.35. The Bertz CT molecular complexity index is 442. The summed E-state index contributed by atoms with van der Waals surface area (Å²) in [6.07, 6.45) is 0. The van der Waals surface area contributed by atoms with Gasteiger partial charge in [0.1, 0.15) is 0 Å². The molecular formula is C10H16N2O3. The van der Waals surface area contributed by atoms with Gasteiger partial charge in [-0.15, -0.1) is 0 Å². The quantitative estimate of drug-likeness (QED) is 0.794. The van der Waals surface area contributed by atoms with Crippen molar-refractivity contribution in [2.45, 2.75) is 27.3 Å². The largest absolute Gasteiger partial charge is 0.481 e. The third-order valence-corrected chi connectivity index (χ3v) is 2.83. The van der Waals surface area contributed by atoms with E-state index in [0.717, 1.165) is 11.4 Å². The molecule has 1 N–H and O–H groups in total. The van der Waals surface area contributed by atoms with Gasteiger partial charge in [0.05, 0.1) is 5.92 Å². The molecule has 0 bridgehead atoms. The maximum absolute atomic E-state index is 11.7. The molecule has 0 spiro atoms. The van der Waals surface area contributed by atoms with Crippen LogP contribution in [0.2, 0.25) is 0 Å². The molecule has 1 atom stereocenters. The van der Waals surface area contributed by atoms with Crippen LogP contribution in [0, 0.1) is 19.8 Å². The second-order valence-corrected chi connectivity index (χ2v) is 3.86. The van der Waals surface area contributed by atoms with E-state index in [1.807, 2.05) is 13.8 Å². The second-order valence-electron chi connectivity index (χ2n) is 3.86. The van der Waals surface area contributed by atoms with E-state index in [0.29, 0.717) is 0 Å². The molecule has 1 unspecified atom stereocenters. The molecule has 0 aliphatic heterocycles. The predicted molar refractivity (Wildman–Crippen MR) is 55.9 cm³/mol. The molecule has 0 amide bonds. The lowest BCUT2D eigenvalue weighted by Gasteiger charge is -2.07. The number of hydrogen-bond donors (Lipinski definition) is 1. The van der Waals surface area contributed by atoms with Crippen molar-refractivity contribution >= 4 is 5.97 Å². The lowest BCUT2D eigenvalue weighted by Crippen LogP contribution is -2.28. The number of aromatic nitrogens is 2. The third kappa shape index (κ3) is 1.95. The first-order chi connectivity index (χ1) is 6.86. The summed E-state index contributed by atoms with van der Waals surface area (Å²) in [5.74, 6) is -1.44. The number of carbonyl (C=O) groups is 1. The minimum Gasteiger partial charge on any atom is -0.481 e. The van der Waals surface area contributed by atoms with Crippen molar-refractivity contribution in [3.05, 3.63) is 21.9 Å². The lowest BCUT2D eigenvalue weighted by molar-refractivity contribution is -0.141. The Morgan fingerprint density at radius 1 is 1.40 bits per heavy atom. The summed E-state index contributed by atoms with van der Waals surface area (Å²) in [4.78, 5) is 22.4. The van der Waals surface area contributed by atoms with Crippen molar-refractivity contribution in [2.24, 2.45) is 13.0 Å². The van der Waals surface area contributed by atoms with Gasteiger partial charge in [0, 0.05) is 25.0 Å². The summed E-state index contributed by atoms with van der Waals surface area (Å²) >= 11 is 0. The monoisotopic (exact) mass is 212 g/mol. The van der Waals surface area contributed by atoms with Gasteiger partial charge >= 0.3 is 11.7 Å². The summed E-state index contributed by atoms with van der Waals surface area (Å²) in [6, 6.07) is 0. The van der Waals surface area contributed by atoms with Crippen LogP contribution in [0.25, 0.3) is 0 Å². The maximum Gasteiger partial charge on any atom is 0.328 e. The summed E-state index contributed by atoms with van der Waals surface area (Å²) in [5, 5.41) is 8.78. The molecule has 0 aliphatic rings. The molecule has 1 rings (SSSR count). The Labute approximate surface area is 88.0 Å². The van der Waals surface area contributed by atoms with Crippen LogP contribution in [0.1, 0.15) is 18.3 Å². The van der Waals surface area contributed by atoms with Gasteiger partial charge in [0.2, 0.25) is 0 Å². The van der Waals surface area contributed by atoms with E-state index < -0.39 is 11.9 Å². The molecular weight excluding hydrogens is 196 g/mol. The highest BCUT2D eigenvalue weighted by Gasteiger charge is 2.17. The molecule has 0 radical (unpaired) electrons. The molecule has 0 saturated heterocycles.